The molecule has 0 bridgehead atoms. The Balaban J connectivity index is 1.75. The number of nitrogens with zero attached hydrogens (tertiary/aromatic N) is 1. The highest BCUT2D eigenvalue weighted by Crippen LogP contribution is 2.16. The van der Waals surface area contributed by atoms with Gasteiger partial charge in [0.15, 0.2) is 0 Å². The number of aldehydes is 1. The van der Waals surface area contributed by atoms with E-state index in [2.05, 4.69) is 45.1 Å². The smallest absolute Gasteiger partial charge is 0.123 e. The van der Waals surface area contributed by atoms with E-state index in [0.29, 0.717) is 5.92 Å². The monoisotopic (exact) mass is 295 g/mol. The molecule has 0 atom stereocenters. The van der Waals surface area contributed by atoms with Gasteiger partial charge in [-0.1, -0.05) is 28.1 Å². The Morgan fingerprint density at radius 2 is 1.88 bits per heavy atom. The van der Waals surface area contributed by atoms with Crippen LogP contribution in [0.25, 0.3) is 0 Å². The van der Waals surface area contributed by atoms with Gasteiger partial charge >= 0.3 is 0 Å². The van der Waals surface area contributed by atoms with Crippen molar-refractivity contribution < 1.29 is 4.79 Å². The molecule has 0 amide bonds. The van der Waals surface area contributed by atoms with Crippen LogP contribution < -0.4 is 0 Å². The lowest BCUT2D eigenvalue weighted by Crippen LogP contribution is -2.35. The van der Waals surface area contributed by atoms with Gasteiger partial charge in [0.05, 0.1) is 0 Å². The van der Waals surface area contributed by atoms with E-state index in [-0.39, 0.29) is 0 Å². The lowest BCUT2D eigenvalue weighted by molar-refractivity contribution is -0.112. The van der Waals surface area contributed by atoms with Gasteiger partial charge in [0.25, 0.3) is 0 Å². The highest BCUT2D eigenvalue weighted by molar-refractivity contribution is 9.10. The van der Waals surface area contributed by atoms with Crippen molar-refractivity contribution in [1.29, 1.82) is 0 Å². The molecule has 0 spiro atoms. The Hall–Kier alpha value is -0.670. The summed E-state index contributed by atoms with van der Waals surface area (Å²) in [5, 5.41) is 0. The molecule has 0 unspecified atom stereocenters. The van der Waals surface area contributed by atoms with Crippen LogP contribution in [-0.4, -0.2) is 30.8 Å². The molecular formula is C14H18BrNO. The zero-order valence-electron chi connectivity index (χ0n) is 9.94. The maximum absolute atomic E-state index is 10.7. The molecule has 1 aliphatic heterocycles. The number of hydrogen-bond donors (Lipinski definition) is 0. The molecule has 1 saturated heterocycles. The van der Waals surface area contributed by atoms with E-state index in [4.69, 9.17) is 0 Å². The number of carbonyl (C=O) groups is 1. The van der Waals surface area contributed by atoms with Gasteiger partial charge < -0.3 is 9.69 Å². The van der Waals surface area contributed by atoms with Gasteiger partial charge in [-0.25, -0.2) is 0 Å². The fourth-order valence-electron chi connectivity index (χ4n) is 2.25. The largest absolute Gasteiger partial charge is 0.303 e. The quantitative estimate of drug-likeness (QED) is 0.796. The summed E-state index contributed by atoms with van der Waals surface area (Å²) in [6.45, 7) is 3.24. The molecule has 1 aromatic carbocycles. The van der Waals surface area contributed by atoms with Crippen molar-refractivity contribution in [1.82, 2.24) is 4.90 Å². The number of halogens is 1. The van der Waals surface area contributed by atoms with Gasteiger partial charge in [-0.05, 0) is 50.0 Å². The van der Waals surface area contributed by atoms with E-state index >= 15 is 0 Å². The van der Waals surface area contributed by atoms with Crippen LogP contribution >= 0.6 is 15.9 Å². The molecule has 1 aliphatic rings. The van der Waals surface area contributed by atoms with E-state index in [1.165, 1.54) is 5.56 Å². The van der Waals surface area contributed by atoms with Gasteiger partial charge in [-0.2, -0.15) is 0 Å². The van der Waals surface area contributed by atoms with E-state index in [9.17, 15) is 4.79 Å². The Morgan fingerprint density at radius 1 is 1.24 bits per heavy atom. The third kappa shape index (κ3) is 3.93. The summed E-state index contributed by atoms with van der Waals surface area (Å²) in [6.07, 6.45) is 4.28. The lowest BCUT2D eigenvalue weighted by atomic mass is 9.98. The van der Waals surface area contributed by atoms with Crippen LogP contribution in [0.3, 0.4) is 0 Å². The van der Waals surface area contributed by atoms with E-state index in [0.717, 1.165) is 49.7 Å². The van der Waals surface area contributed by atoms with E-state index in [1.54, 1.807) is 0 Å². The van der Waals surface area contributed by atoms with Crippen molar-refractivity contribution in [2.75, 3.05) is 19.6 Å². The molecule has 2 nitrogen and oxygen atoms in total. The molecule has 0 radical (unpaired) electrons. The van der Waals surface area contributed by atoms with Gasteiger partial charge in [0.2, 0.25) is 0 Å². The fourth-order valence-corrected chi connectivity index (χ4v) is 2.52. The standard InChI is InChI=1S/C14H18BrNO/c15-14-3-1-12(2-4-14)5-8-16-9-6-13(11-17)7-10-16/h1-4,11,13H,5-10H2. The minimum Gasteiger partial charge on any atom is -0.303 e. The summed E-state index contributed by atoms with van der Waals surface area (Å²) in [6, 6.07) is 8.52. The summed E-state index contributed by atoms with van der Waals surface area (Å²) in [7, 11) is 0. The van der Waals surface area contributed by atoms with Crippen molar-refractivity contribution in [3.63, 3.8) is 0 Å². The molecule has 1 aromatic rings. The van der Waals surface area contributed by atoms with Crippen molar-refractivity contribution in [2.24, 2.45) is 5.92 Å². The minimum absolute atomic E-state index is 0.305. The summed E-state index contributed by atoms with van der Waals surface area (Å²) in [5.41, 5.74) is 1.38. The highest BCUT2D eigenvalue weighted by Gasteiger charge is 2.17. The Kier molecular flexibility index (Phi) is 4.75. The van der Waals surface area contributed by atoms with Crippen LogP contribution in [0, 0.1) is 5.92 Å². The molecule has 3 heteroatoms. The minimum atomic E-state index is 0.305. The first-order valence-corrected chi connectivity index (χ1v) is 6.99. The predicted molar refractivity (Wildman–Crippen MR) is 73.1 cm³/mol. The third-order valence-corrected chi connectivity index (χ3v) is 3.98. The molecule has 0 N–H and O–H groups in total. The summed E-state index contributed by atoms with van der Waals surface area (Å²) >= 11 is 3.44. The molecule has 0 aromatic heterocycles. The molecule has 92 valence electrons. The first-order chi connectivity index (χ1) is 8.28. The van der Waals surface area contributed by atoms with E-state index < -0.39 is 0 Å². The Labute approximate surface area is 111 Å². The van der Waals surface area contributed by atoms with Crippen LogP contribution in [0.2, 0.25) is 0 Å². The van der Waals surface area contributed by atoms with Gasteiger partial charge in [-0.15, -0.1) is 0 Å². The second kappa shape index (κ2) is 6.31. The van der Waals surface area contributed by atoms with Crippen LogP contribution in [0.1, 0.15) is 18.4 Å². The topological polar surface area (TPSA) is 20.3 Å². The summed E-state index contributed by atoms with van der Waals surface area (Å²) in [5.74, 6) is 0.305. The highest BCUT2D eigenvalue weighted by atomic mass is 79.9. The SMILES string of the molecule is O=CC1CCN(CCc2ccc(Br)cc2)CC1. The summed E-state index contributed by atoms with van der Waals surface area (Å²) in [4.78, 5) is 13.1. The number of likely N-dealkylation sites (tertiary alicyclic amines) is 1. The number of piperidine rings is 1. The Morgan fingerprint density at radius 3 is 2.47 bits per heavy atom. The fraction of sp³-hybridized carbons (Fsp3) is 0.500. The van der Waals surface area contributed by atoms with Gasteiger partial charge in [-0.3, -0.25) is 0 Å². The molecule has 0 saturated carbocycles. The van der Waals surface area contributed by atoms with Crippen LogP contribution in [-0.2, 0) is 11.2 Å². The molecule has 1 fully saturated rings. The molecule has 2 rings (SSSR count). The van der Waals surface area contributed by atoms with Crippen LogP contribution in [0.5, 0.6) is 0 Å². The number of carbonyl (C=O) groups excluding carboxylic acids is 1. The number of benzene rings is 1. The first kappa shape index (κ1) is 12.8. The molecule has 1 heterocycles. The zero-order chi connectivity index (χ0) is 12.1. The van der Waals surface area contributed by atoms with Crippen molar-refractivity contribution in [3.8, 4) is 0 Å². The van der Waals surface area contributed by atoms with Crippen molar-refractivity contribution >= 4 is 22.2 Å². The predicted octanol–water partition coefficient (Wildman–Crippen LogP) is 2.90. The van der Waals surface area contributed by atoms with Crippen molar-refractivity contribution in [2.45, 2.75) is 19.3 Å². The van der Waals surface area contributed by atoms with Gasteiger partial charge in [0, 0.05) is 16.9 Å². The second-order valence-corrected chi connectivity index (χ2v) is 5.61. The van der Waals surface area contributed by atoms with Crippen LogP contribution in [0.4, 0.5) is 0 Å². The van der Waals surface area contributed by atoms with Gasteiger partial charge in [0.1, 0.15) is 6.29 Å². The second-order valence-electron chi connectivity index (χ2n) is 4.69. The molecular weight excluding hydrogens is 278 g/mol. The average molecular weight is 296 g/mol. The normalized spacial score (nSPS) is 18.2. The zero-order valence-corrected chi connectivity index (χ0v) is 11.5. The maximum Gasteiger partial charge on any atom is 0.123 e. The maximum atomic E-state index is 10.7. The first-order valence-electron chi connectivity index (χ1n) is 6.20. The molecule has 0 aliphatic carbocycles. The molecule has 17 heavy (non-hydrogen) atoms. The lowest BCUT2D eigenvalue weighted by Gasteiger charge is -2.29. The number of rotatable bonds is 4. The van der Waals surface area contributed by atoms with Crippen molar-refractivity contribution in [3.05, 3.63) is 34.3 Å². The summed E-state index contributed by atoms with van der Waals surface area (Å²) < 4.78 is 1.13. The average Bonchev–Trinajstić information content (AvgIpc) is 2.39. The Bertz CT molecular complexity index is 355. The number of hydrogen-bond acceptors (Lipinski definition) is 2. The van der Waals surface area contributed by atoms with E-state index in [1.807, 2.05) is 0 Å². The van der Waals surface area contributed by atoms with Crippen LogP contribution in [0.15, 0.2) is 28.7 Å². The third-order valence-electron chi connectivity index (χ3n) is 3.45.